The zero-order valence-corrected chi connectivity index (χ0v) is 8.86. The topological polar surface area (TPSA) is 96.2 Å². The smallest absolute Gasteiger partial charge is 0.353 e. The lowest BCUT2D eigenvalue weighted by atomic mass is 10.1. The Morgan fingerprint density at radius 2 is 2.29 bits per heavy atom. The van der Waals surface area contributed by atoms with Gasteiger partial charge in [0.15, 0.2) is 0 Å². The van der Waals surface area contributed by atoms with Gasteiger partial charge in [0.05, 0.1) is 29.7 Å². The lowest BCUT2D eigenvalue weighted by molar-refractivity contribution is -0.133. The molecule has 2 aliphatic heterocycles. The summed E-state index contributed by atoms with van der Waals surface area (Å²) in [5.41, 5.74) is 2.10. The molecule has 7 heteroatoms. The highest BCUT2D eigenvalue weighted by atomic mass is 16.4. The van der Waals surface area contributed by atoms with Gasteiger partial charge in [-0.2, -0.15) is 5.10 Å². The van der Waals surface area contributed by atoms with Gasteiger partial charge in [0.2, 0.25) is 0 Å². The van der Waals surface area contributed by atoms with Crippen LogP contribution in [0.3, 0.4) is 0 Å². The van der Waals surface area contributed by atoms with Crippen LogP contribution < -0.4 is 10.6 Å². The van der Waals surface area contributed by atoms with Crippen molar-refractivity contribution in [1.82, 2.24) is 20.4 Å². The summed E-state index contributed by atoms with van der Waals surface area (Å²) in [5, 5.41) is 18.6. The van der Waals surface area contributed by atoms with Gasteiger partial charge in [-0.25, -0.2) is 9.48 Å². The Kier molecular flexibility index (Phi) is 1.94. The summed E-state index contributed by atoms with van der Waals surface area (Å²) in [6.45, 7) is 0.874. The van der Waals surface area contributed by atoms with E-state index in [0.29, 0.717) is 30.8 Å². The van der Waals surface area contributed by atoms with Crippen LogP contribution in [0.1, 0.15) is 21.7 Å². The summed E-state index contributed by atoms with van der Waals surface area (Å²) in [6, 6.07) is 0. The van der Waals surface area contributed by atoms with E-state index in [1.165, 1.54) is 10.9 Å². The second kappa shape index (κ2) is 3.34. The normalized spacial score (nSPS) is 17.4. The molecule has 0 bridgehead atoms. The Balaban J connectivity index is 2.12. The predicted octanol–water partition coefficient (Wildman–Crippen LogP) is -0.845. The first-order valence-corrected chi connectivity index (χ1v) is 5.24. The van der Waals surface area contributed by atoms with Crippen LogP contribution in [0.25, 0.3) is 6.20 Å². The average molecular weight is 234 g/mol. The molecule has 0 aromatic carbocycles. The van der Waals surface area contributed by atoms with E-state index in [0.717, 1.165) is 5.69 Å². The molecule has 0 radical (unpaired) electrons. The van der Waals surface area contributed by atoms with Crippen molar-refractivity contribution in [3.8, 4) is 0 Å². The number of nitrogens with zero attached hydrogens (tertiary/aromatic N) is 2. The molecule has 3 heterocycles. The standard InChI is InChI=1S/C10H10N4O3/c15-9-8-5(1-2-11-9)13-14-4-6(10(16)17)12-3-7(8)14/h4,12H,1-3H2,(H,11,15)(H,16,17). The fourth-order valence-corrected chi connectivity index (χ4v) is 2.10. The molecule has 0 atom stereocenters. The van der Waals surface area contributed by atoms with Gasteiger partial charge in [-0.1, -0.05) is 0 Å². The molecule has 0 saturated heterocycles. The molecule has 0 aliphatic carbocycles. The van der Waals surface area contributed by atoms with Crippen molar-refractivity contribution in [1.29, 1.82) is 0 Å². The van der Waals surface area contributed by atoms with Crippen molar-refractivity contribution in [3.05, 3.63) is 22.6 Å². The highest BCUT2D eigenvalue weighted by Gasteiger charge is 2.28. The van der Waals surface area contributed by atoms with Gasteiger partial charge in [-0.05, 0) is 0 Å². The summed E-state index contributed by atoms with van der Waals surface area (Å²) in [6.07, 6.45) is 2.07. The predicted molar refractivity (Wildman–Crippen MR) is 57.0 cm³/mol. The molecule has 1 aromatic rings. The molecule has 17 heavy (non-hydrogen) atoms. The third-order valence-electron chi connectivity index (χ3n) is 2.88. The SMILES string of the molecule is O=C(O)C1=Cn2nc3c(c2CN1)C(=O)NCC3. The van der Waals surface area contributed by atoms with Gasteiger partial charge in [0.25, 0.3) is 5.91 Å². The number of rotatable bonds is 1. The lowest BCUT2D eigenvalue weighted by Gasteiger charge is -2.16. The number of fused-ring (bicyclic) bond motifs is 3. The van der Waals surface area contributed by atoms with Crippen LogP contribution in [-0.2, 0) is 17.8 Å². The first kappa shape index (κ1) is 9.88. The van der Waals surface area contributed by atoms with E-state index < -0.39 is 5.97 Å². The minimum absolute atomic E-state index is 0.0813. The maximum Gasteiger partial charge on any atom is 0.353 e. The van der Waals surface area contributed by atoms with Crippen LogP contribution in [0.5, 0.6) is 0 Å². The minimum Gasteiger partial charge on any atom is -0.477 e. The highest BCUT2D eigenvalue weighted by Crippen LogP contribution is 2.21. The van der Waals surface area contributed by atoms with E-state index in [-0.39, 0.29) is 11.6 Å². The van der Waals surface area contributed by atoms with Crippen LogP contribution in [-0.4, -0.2) is 33.3 Å². The third kappa shape index (κ3) is 1.39. The Hall–Kier alpha value is -2.31. The van der Waals surface area contributed by atoms with Crippen molar-refractivity contribution in [3.63, 3.8) is 0 Å². The molecule has 7 nitrogen and oxygen atoms in total. The number of carboxylic acid groups (broad SMARTS) is 1. The summed E-state index contributed by atoms with van der Waals surface area (Å²) in [7, 11) is 0. The van der Waals surface area contributed by atoms with Crippen molar-refractivity contribution in [2.24, 2.45) is 0 Å². The zero-order valence-electron chi connectivity index (χ0n) is 8.86. The number of carbonyl (C=O) groups is 2. The van der Waals surface area contributed by atoms with Crippen LogP contribution in [0, 0.1) is 0 Å². The number of hydrogen-bond acceptors (Lipinski definition) is 4. The zero-order chi connectivity index (χ0) is 12.0. The first-order chi connectivity index (χ1) is 8.16. The number of amides is 1. The fourth-order valence-electron chi connectivity index (χ4n) is 2.10. The van der Waals surface area contributed by atoms with Crippen LogP contribution in [0.2, 0.25) is 0 Å². The number of aromatic nitrogens is 2. The van der Waals surface area contributed by atoms with Gasteiger partial charge >= 0.3 is 5.97 Å². The molecule has 1 amide bonds. The fraction of sp³-hybridized carbons (Fsp3) is 0.300. The van der Waals surface area contributed by atoms with Crippen molar-refractivity contribution in [2.75, 3.05) is 6.54 Å². The number of carbonyl (C=O) groups excluding carboxylic acids is 1. The molecule has 0 fully saturated rings. The summed E-state index contributed by atoms with van der Waals surface area (Å²) in [5.74, 6) is -1.17. The van der Waals surface area contributed by atoms with Crippen LogP contribution >= 0.6 is 0 Å². The molecular weight excluding hydrogens is 224 g/mol. The molecule has 0 unspecified atom stereocenters. The Morgan fingerprint density at radius 3 is 3.06 bits per heavy atom. The van der Waals surface area contributed by atoms with Crippen molar-refractivity contribution >= 4 is 18.1 Å². The van der Waals surface area contributed by atoms with Crippen LogP contribution in [0.15, 0.2) is 5.70 Å². The molecule has 0 spiro atoms. The Bertz CT molecular complexity index is 558. The van der Waals surface area contributed by atoms with Gasteiger partial charge in [-0.3, -0.25) is 4.79 Å². The quantitative estimate of drug-likeness (QED) is 0.588. The number of nitrogens with one attached hydrogen (secondary N) is 2. The van der Waals surface area contributed by atoms with E-state index in [1.54, 1.807) is 0 Å². The third-order valence-corrected chi connectivity index (χ3v) is 2.88. The Labute approximate surface area is 96.1 Å². The largest absolute Gasteiger partial charge is 0.477 e. The van der Waals surface area contributed by atoms with Crippen molar-refractivity contribution in [2.45, 2.75) is 13.0 Å². The van der Waals surface area contributed by atoms with E-state index in [1.807, 2.05) is 0 Å². The molecule has 88 valence electrons. The molecule has 3 rings (SSSR count). The van der Waals surface area contributed by atoms with Gasteiger partial charge in [0, 0.05) is 13.0 Å². The molecule has 0 saturated carbocycles. The monoisotopic (exact) mass is 234 g/mol. The number of carboxylic acids is 1. The second-order valence-electron chi connectivity index (χ2n) is 3.92. The maximum atomic E-state index is 11.7. The first-order valence-electron chi connectivity index (χ1n) is 5.24. The number of aliphatic carboxylic acids is 1. The van der Waals surface area contributed by atoms with E-state index >= 15 is 0 Å². The second-order valence-corrected chi connectivity index (χ2v) is 3.92. The molecule has 1 aromatic heterocycles. The van der Waals surface area contributed by atoms with E-state index in [9.17, 15) is 9.59 Å². The van der Waals surface area contributed by atoms with Crippen LogP contribution in [0.4, 0.5) is 0 Å². The maximum absolute atomic E-state index is 11.7. The molecular formula is C10H10N4O3. The summed E-state index contributed by atoms with van der Waals surface area (Å²) >= 11 is 0. The summed E-state index contributed by atoms with van der Waals surface area (Å²) < 4.78 is 1.48. The lowest BCUT2D eigenvalue weighted by Crippen LogP contribution is -2.33. The van der Waals surface area contributed by atoms with Crippen molar-refractivity contribution < 1.29 is 14.7 Å². The van der Waals surface area contributed by atoms with E-state index in [2.05, 4.69) is 15.7 Å². The minimum atomic E-state index is -1.03. The highest BCUT2D eigenvalue weighted by molar-refractivity contribution is 5.98. The molecule has 2 aliphatic rings. The summed E-state index contributed by atoms with van der Waals surface area (Å²) in [4.78, 5) is 22.5. The average Bonchev–Trinajstić information content (AvgIpc) is 2.67. The van der Waals surface area contributed by atoms with E-state index in [4.69, 9.17) is 5.11 Å². The van der Waals surface area contributed by atoms with Gasteiger partial charge in [-0.15, -0.1) is 0 Å². The van der Waals surface area contributed by atoms with Gasteiger partial charge < -0.3 is 15.7 Å². The number of hydrogen-bond donors (Lipinski definition) is 3. The Morgan fingerprint density at radius 1 is 1.47 bits per heavy atom. The molecule has 3 N–H and O–H groups in total. The van der Waals surface area contributed by atoms with Gasteiger partial charge in [0.1, 0.15) is 5.70 Å².